The number of fused-ring (bicyclic) bond motifs is 1. The number of hydrogen-bond donors (Lipinski definition) is 1. The van der Waals surface area contributed by atoms with Crippen LogP contribution in [0.2, 0.25) is 0 Å². The van der Waals surface area contributed by atoms with Gasteiger partial charge in [0.2, 0.25) is 0 Å². The number of hydrogen-bond acceptors (Lipinski definition) is 5. The molecule has 0 aliphatic carbocycles. The van der Waals surface area contributed by atoms with Gasteiger partial charge in [0.15, 0.2) is 15.5 Å². The standard InChI is InChI=1S/C19H20F6N4O3S/c1-17(2,33(31,32)12-5-3-4-11(10-12)18(20,21)22)6-7-28-8-9-29-14(16(28)30)13(26)15(27-29)19(23,24)25/h3-5,10H,6-9,26H2,1-2H3. The fraction of sp³-hybridized carbons (Fsp3) is 0.474. The summed E-state index contributed by atoms with van der Waals surface area (Å²) in [6.07, 6.45) is -9.76. The van der Waals surface area contributed by atoms with Gasteiger partial charge in [-0.1, -0.05) is 6.07 Å². The van der Waals surface area contributed by atoms with Crippen molar-refractivity contribution in [1.82, 2.24) is 14.7 Å². The number of carbonyl (C=O) groups excluding carboxylic acids is 1. The number of alkyl halides is 6. The molecule has 2 N–H and O–H groups in total. The van der Waals surface area contributed by atoms with Crippen molar-refractivity contribution >= 4 is 21.4 Å². The van der Waals surface area contributed by atoms with E-state index in [4.69, 9.17) is 5.73 Å². The molecule has 1 amide bonds. The maximum atomic E-state index is 13.0. The summed E-state index contributed by atoms with van der Waals surface area (Å²) in [5.74, 6) is -0.839. The molecule has 0 spiro atoms. The minimum absolute atomic E-state index is 0.0378. The summed E-state index contributed by atoms with van der Waals surface area (Å²) in [6, 6.07) is 3.33. The first-order chi connectivity index (χ1) is 15.0. The highest BCUT2D eigenvalue weighted by Crippen LogP contribution is 2.37. The van der Waals surface area contributed by atoms with E-state index in [1.165, 1.54) is 13.8 Å². The number of rotatable bonds is 5. The lowest BCUT2D eigenvalue weighted by molar-refractivity contribution is -0.141. The first-order valence-corrected chi connectivity index (χ1v) is 11.1. The normalized spacial score (nSPS) is 15.6. The van der Waals surface area contributed by atoms with Crippen LogP contribution in [0.3, 0.4) is 0 Å². The molecule has 14 heteroatoms. The van der Waals surface area contributed by atoms with Crippen LogP contribution in [0.4, 0.5) is 32.0 Å². The highest BCUT2D eigenvalue weighted by molar-refractivity contribution is 7.92. The lowest BCUT2D eigenvalue weighted by Crippen LogP contribution is -2.44. The fourth-order valence-corrected chi connectivity index (χ4v) is 4.99. The summed E-state index contributed by atoms with van der Waals surface area (Å²) < 4.78 is 103. The molecule has 2 heterocycles. The Morgan fingerprint density at radius 3 is 2.27 bits per heavy atom. The molecule has 1 aliphatic rings. The minimum atomic E-state index is -4.85. The van der Waals surface area contributed by atoms with Gasteiger partial charge in [-0.2, -0.15) is 31.4 Å². The Kier molecular flexibility index (Phi) is 5.97. The van der Waals surface area contributed by atoms with Crippen molar-refractivity contribution in [1.29, 1.82) is 0 Å². The van der Waals surface area contributed by atoms with E-state index in [1.54, 1.807) is 0 Å². The fourth-order valence-electron chi connectivity index (χ4n) is 3.45. The Balaban J connectivity index is 1.81. The van der Waals surface area contributed by atoms with Crippen LogP contribution < -0.4 is 5.73 Å². The summed E-state index contributed by atoms with van der Waals surface area (Å²) >= 11 is 0. The van der Waals surface area contributed by atoms with Crippen LogP contribution in [0, 0.1) is 0 Å². The molecule has 0 saturated heterocycles. The Labute approximate surface area is 185 Å². The second kappa shape index (κ2) is 7.92. The molecule has 0 saturated carbocycles. The second-order valence-corrected chi connectivity index (χ2v) is 10.7. The van der Waals surface area contributed by atoms with E-state index in [9.17, 15) is 39.6 Å². The van der Waals surface area contributed by atoms with Gasteiger partial charge in [0.25, 0.3) is 5.91 Å². The van der Waals surface area contributed by atoms with Gasteiger partial charge in [0, 0.05) is 13.1 Å². The van der Waals surface area contributed by atoms with E-state index in [0.717, 1.165) is 27.8 Å². The van der Waals surface area contributed by atoms with Gasteiger partial charge in [-0.3, -0.25) is 9.48 Å². The highest BCUT2D eigenvalue weighted by Gasteiger charge is 2.43. The maximum Gasteiger partial charge on any atom is 0.437 e. The zero-order valence-electron chi connectivity index (χ0n) is 17.5. The van der Waals surface area contributed by atoms with Crippen molar-refractivity contribution in [2.75, 3.05) is 18.8 Å². The lowest BCUT2D eigenvalue weighted by Gasteiger charge is -2.32. The molecule has 3 rings (SSSR count). The number of amides is 1. The molecule has 0 atom stereocenters. The Bertz CT molecular complexity index is 1190. The largest absolute Gasteiger partial charge is 0.437 e. The van der Waals surface area contributed by atoms with Crippen molar-refractivity contribution in [3.05, 3.63) is 41.2 Å². The number of benzene rings is 1. The van der Waals surface area contributed by atoms with Gasteiger partial charge in [0.05, 0.1) is 27.4 Å². The molecule has 0 fully saturated rings. The third kappa shape index (κ3) is 4.52. The van der Waals surface area contributed by atoms with Crippen LogP contribution in [-0.4, -0.2) is 46.8 Å². The molecule has 2 aromatic rings. The van der Waals surface area contributed by atoms with Gasteiger partial charge in [-0.05, 0) is 38.5 Å². The number of halogens is 6. The summed E-state index contributed by atoms with van der Waals surface area (Å²) in [6.45, 7) is 2.32. The number of carbonyl (C=O) groups is 1. The number of nitrogens with two attached hydrogens (primary N) is 1. The van der Waals surface area contributed by atoms with Crippen LogP contribution in [0.5, 0.6) is 0 Å². The molecule has 1 aromatic carbocycles. The smallest absolute Gasteiger partial charge is 0.395 e. The van der Waals surface area contributed by atoms with E-state index >= 15 is 0 Å². The van der Waals surface area contributed by atoms with E-state index < -0.39 is 60.4 Å². The van der Waals surface area contributed by atoms with Crippen molar-refractivity contribution < 1.29 is 39.6 Å². The van der Waals surface area contributed by atoms with Crippen LogP contribution >= 0.6 is 0 Å². The highest BCUT2D eigenvalue weighted by atomic mass is 32.2. The molecule has 7 nitrogen and oxygen atoms in total. The van der Waals surface area contributed by atoms with Gasteiger partial charge in [0.1, 0.15) is 5.69 Å². The number of aromatic nitrogens is 2. The molecule has 0 radical (unpaired) electrons. The van der Waals surface area contributed by atoms with E-state index in [2.05, 4.69) is 5.10 Å². The maximum absolute atomic E-state index is 13.0. The Hall–Kier alpha value is -2.77. The van der Waals surface area contributed by atoms with E-state index in [1.807, 2.05) is 0 Å². The number of nitrogens with zero attached hydrogens (tertiary/aromatic N) is 3. The SMILES string of the molecule is CC(C)(CCN1CCn2nc(C(F)(F)F)c(N)c2C1=O)S(=O)(=O)c1cccc(C(F)(F)F)c1. The predicted molar refractivity (Wildman–Crippen MR) is 105 cm³/mol. The first-order valence-electron chi connectivity index (χ1n) is 9.61. The van der Waals surface area contributed by atoms with Gasteiger partial charge < -0.3 is 10.6 Å². The van der Waals surface area contributed by atoms with Crippen LogP contribution in [0.15, 0.2) is 29.2 Å². The van der Waals surface area contributed by atoms with Gasteiger partial charge in [-0.25, -0.2) is 8.42 Å². The summed E-state index contributed by atoms with van der Waals surface area (Å²) in [5.41, 5.74) is 1.76. The average Bonchev–Trinajstić information content (AvgIpc) is 3.04. The lowest BCUT2D eigenvalue weighted by atomic mass is 10.1. The first kappa shape index (κ1) is 24.9. The monoisotopic (exact) mass is 498 g/mol. The van der Waals surface area contributed by atoms with Crippen molar-refractivity contribution in [3.63, 3.8) is 0 Å². The van der Waals surface area contributed by atoms with Gasteiger partial charge in [-0.15, -0.1) is 0 Å². The van der Waals surface area contributed by atoms with Crippen LogP contribution in [0.25, 0.3) is 0 Å². The van der Waals surface area contributed by atoms with Gasteiger partial charge >= 0.3 is 12.4 Å². The topological polar surface area (TPSA) is 98.3 Å². The Morgan fingerprint density at radius 2 is 1.70 bits per heavy atom. The van der Waals surface area contributed by atoms with Crippen LogP contribution in [-0.2, 0) is 28.7 Å². The zero-order valence-corrected chi connectivity index (χ0v) is 18.3. The minimum Gasteiger partial charge on any atom is -0.395 e. The number of nitrogen functional groups attached to an aromatic ring is 1. The molecule has 0 bridgehead atoms. The van der Waals surface area contributed by atoms with Crippen LogP contribution in [0.1, 0.15) is 42.0 Å². The molecule has 182 valence electrons. The predicted octanol–water partition coefficient (Wildman–Crippen LogP) is 3.60. The summed E-state index contributed by atoms with van der Waals surface area (Å²) in [4.78, 5) is 13.3. The number of sulfone groups is 1. The van der Waals surface area contributed by atoms with Crippen molar-refractivity contribution in [3.8, 4) is 0 Å². The third-order valence-corrected chi connectivity index (χ3v) is 8.05. The zero-order chi connectivity index (χ0) is 25.0. The summed E-state index contributed by atoms with van der Waals surface area (Å²) in [7, 11) is -4.25. The molecular weight excluding hydrogens is 478 g/mol. The average molecular weight is 498 g/mol. The summed E-state index contributed by atoms with van der Waals surface area (Å²) in [5, 5.41) is 3.35. The van der Waals surface area contributed by atoms with Crippen molar-refractivity contribution in [2.24, 2.45) is 0 Å². The third-order valence-electron chi connectivity index (χ3n) is 5.51. The van der Waals surface area contributed by atoms with E-state index in [-0.39, 0.29) is 26.1 Å². The second-order valence-electron chi connectivity index (χ2n) is 8.16. The van der Waals surface area contributed by atoms with E-state index in [0.29, 0.717) is 6.07 Å². The molecular formula is C19H20F6N4O3S. The Morgan fingerprint density at radius 1 is 1.06 bits per heavy atom. The molecule has 1 aliphatic heterocycles. The number of anilines is 1. The molecule has 0 unspecified atom stereocenters. The van der Waals surface area contributed by atoms with Crippen molar-refractivity contribution in [2.45, 2.75) is 48.8 Å². The molecule has 33 heavy (non-hydrogen) atoms. The molecule has 1 aromatic heterocycles. The quantitative estimate of drug-likeness (QED) is 0.636.